The summed E-state index contributed by atoms with van der Waals surface area (Å²) in [7, 11) is 5.01. The zero-order valence-electron chi connectivity index (χ0n) is 18.8. The number of fused-ring (bicyclic) bond motifs is 1. The predicted octanol–water partition coefficient (Wildman–Crippen LogP) is 3.73. The Bertz CT molecular complexity index is 941. The van der Waals surface area contributed by atoms with Crippen LogP contribution in [0.5, 0.6) is 17.2 Å². The number of carbonyl (C=O) groups excluding carboxylic acids is 1. The van der Waals surface area contributed by atoms with E-state index < -0.39 is 0 Å². The van der Waals surface area contributed by atoms with Gasteiger partial charge in [0.1, 0.15) is 5.75 Å². The van der Waals surface area contributed by atoms with Crippen LogP contribution in [-0.4, -0.2) is 44.7 Å². The van der Waals surface area contributed by atoms with Gasteiger partial charge in [0.15, 0.2) is 11.5 Å². The molecule has 0 aromatic heterocycles. The first-order valence-corrected chi connectivity index (χ1v) is 11.0. The summed E-state index contributed by atoms with van der Waals surface area (Å²) < 4.78 is 16.5. The summed E-state index contributed by atoms with van der Waals surface area (Å²) >= 11 is 0. The fourth-order valence-corrected chi connectivity index (χ4v) is 4.56. The number of ether oxygens (including phenoxy) is 3. The topological polar surface area (TPSA) is 60.0 Å². The summed E-state index contributed by atoms with van der Waals surface area (Å²) in [6.45, 7) is 3.78. The lowest BCUT2D eigenvalue weighted by Crippen LogP contribution is -2.47. The predicted molar refractivity (Wildman–Crippen MR) is 120 cm³/mol. The molecule has 1 heterocycles. The number of rotatable bonds is 8. The van der Waals surface area contributed by atoms with Gasteiger partial charge in [-0.05, 0) is 67.1 Å². The van der Waals surface area contributed by atoms with E-state index in [0.717, 1.165) is 49.6 Å². The van der Waals surface area contributed by atoms with Crippen LogP contribution in [0.2, 0.25) is 0 Å². The highest BCUT2D eigenvalue weighted by atomic mass is 16.5. The summed E-state index contributed by atoms with van der Waals surface area (Å²) in [5, 5.41) is 3.28. The Morgan fingerprint density at radius 3 is 2.52 bits per heavy atom. The SMILES string of the molecule is COc1cccc(CN2CCc3cc(OC)c(OC)cc3[C@H]2[C@H](C)NC(=O)C2CC2)c1. The highest BCUT2D eigenvalue weighted by molar-refractivity contribution is 5.81. The minimum atomic E-state index is -0.0316. The summed E-state index contributed by atoms with van der Waals surface area (Å²) in [5.74, 6) is 2.67. The van der Waals surface area contributed by atoms with Crippen molar-refractivity contribution in [2.45, 2.75) is 44.8 Å². The van der Waals surface area contributed by atoms with Gasteiger partial charge in [-0.1, -0.05) is 12.1 Å². The van der Waals surface area contributed by atoms with Crippen LogP contribution >= 0.6 is 0 Å². The first kappa shape index (κ1) is 21.5. The minimum Gasteiger partial charge on any atom is -0.497 e. The Balaban J connectivity index is 1.67. The number of methoxy groups -OCH3 is 3. The van der Waals surface area contributed by atoms with Gasteiger partial charge in [-0.15, -0.1) is 0 Å². The van der Waals surface area contributed by atoms with E-state index in [2.05, 4.69) is 41.4 Å². The molecule has 6 heteroatoms. The summed E-state index contributed by atoms with van der Waals surface area (Å²) in [5.41, 5.74) is 3.63. The Hall–Kier alpha value is -2.73. The van der Waals surface area contributed by atoms with Crippen LogP contribution in [0.4, 0.5) is 0 Å². The average Bonchev–Trinajstić information content (AvgIpc) is 3.63. The molecule has 4 rings (SSSR count). The second-order valence-electron chi connectivity index (χ2n) is 8.49. The maximum Gasteiger partial charge on any atom is 0.223 e. The molecule has 0 saturated heterocycles. The maximum atomic E-state index is 12.6. The first-order chi connectivity index (χ1) is 15.0. The van der Waals surface area contributed by atoms with E-state index in [0.29, 0.717) is 0 Å². The quantitative estimate of drug-likeness (QED) is 0.700. The molecule has 0 spiro atoms. The van der Waals surface area contributed by atoms with Gasteiger partial charge in [0.25, 0.3) is 0 Å². The standard InChI is InChI=1S/C25H32N2O4/c1-16(26-25(28)18-8-9-18)24-21-14-23(31-4)22(30-3)13-19(21)10-11-27(24)15-17-6-5-7-20(12-17)29-2/h5-7,12-14,16,18,24H,8-11,15H2,1-4H3,(H,26,28)/t16-,24+/m0/s1. The molecule has 6 nitrogen and oxygen atoms in total. The van der Waals surface area contributed by atoms with Crippen molar-refractivity contribution in [1.29, 1.82) is 0 Å². The molecule has 1 amide bonds. The van der Waals surface area contributed by atoms with Gasteiger partial charge in [-0.3, -0.25) is 9.69 Å². The molecule has 166 valence electrons. The Kier molecular flexibility index (Phi) is 6.37. The van der Waals surface area contributed by atoms with E-state index >= 15 is 0 Å². The van der Waals surface area contributed by atoms with Crippen molar-refractivity contribution in [2.24, 2.45) is 5.92 Å². The highest BCUT2D eigenvalue weighted by Gasteiger charge is 2.36. The Morgan fingerprint density at radius 1 is 1.10 bits per heavy atom. The van der Waals surface area contributed by atoms with Gasteiger partial charge in [-0.25, -0.2) is 0 Å². The van der Waals surface area contributed by atoms with Crippen molar-refractivity contribution < 1.29 is 19.0 Å². The van der Waals surface area contributed by atoms with Gasteiger partial charge in [-0.2, -0.15) is 0 Å². The van der Waals surface area contributed by atoms with Crippen molar-refractivity contribution in [3.8, 4) is 17.2 Å². The number of nitrogens with one attached hydrogen (secondary N) is 1. The molecule has 0 radical (unpaired) electrons. The van der Waals surface area contributed by atoms with Crippen LogP contribution in [-0.2, 0) is 17.8 Å². The largest absolute Gasteiger partial charge is 0.497 e. The van der Waals surface area contributed by atoms with E-state index in [1.54, 1.807) is 21.3 Å². The van der Waals surface area contributed by atoms with Gasteiger partial charge in [0, 0.05) is 25.0 Å². The number of carbonyl (C=O) groups is 1. The molecule has 0 bridgehead atoms. The van der Waals surface area contributed by atoms with Gasteiger partial charge in [0.05, 0.1) is 27.4 Å². The van der Waals surface area contributed by atoms with Crippen LogP contribution in [0.25, 0.3) is 0 Å². The molecule has 1 saturated carbocycles. The van der Waals surface area contributed by atoms with E-state index in [4.69, 9.17) is 14.2 Å². The Morgan fingerprint density at radius 2 is 1.84 bits per heavy atom. The second-order valence-corrected chi connectivity index (χ2v) is 8.49. The molecule has 1 N–H and O–H groups in total. The zero-order valence-corrected chi connectivity index (χ0v) is 18.8. The van der Waals surface area contributed by atoms with Crippen LogP contribution in [0.3, 0.4) is 0 Å². The summed E-state index contributed by atoms with van der Waals surface area (Å²) in [4.78, 5) is 15.0. The third-order valence-electron chi connectivity index (χ3n) is 6.34. The number of hydrogen-bond acceptors (Lipinski definition) is 5. The molecule has 2 aromatic rings. The summed E-state index contributed by atoms with van der Waals surface area (Å²) in [6.07, 6.45) is 2.91. The van der Waals surface area contributed by atoms with Crippen LogP contribution < -0.4 is 19.5 Å². The molecule has 1 aliphatic heterocycles. The van der Waals surface area contributed by atoms with E-state index in [1.807, 2.05) is 12.1 Å². The Labute approximate surface area is 184 Å². The van der Waals surface area contributed by atoms with Crippen molar-refractivity contribution in [1.82, 2.24) is 10.2 Å². The average molecular weight is 425 g/mol. The monoisotopic (exact) mass is 424 g/mol. The lowest BCUT2D eigenvalue weighted by atomic mass is 9.87. The number of hydrogen-bond donors (Lipinski definition) is 1. The maximum absolute atomic E-state index is 12.6. The molecule has 1 fully saturated rings. The fraction of sp³-hybridized carbons (Fsp3) is 0.480. The molecule has 2 aliphatic rings. The van der Waals surface area contributed by atoms with E-state index in [9.17, 15) is 4.79 Å². The molecule has 2 aromatic carbocycles. The van der Waals surface area contributed by atoms with Crippen molar-refractivity contribution >= 4 is 5.91 Å². The zero-order chi connectivity index (χ0) is 22.0. The number of amides is 1. The molecule has 31 heavy (non-hydrogen) atoms. The highest BCUT2D eigenvalue weighted by Crippen LogP contribution is 2.40. The first-order valence-electron chi connectivity index (χ1n) is 11.0. The van der Waals surface area contributed by atoms with Crippen molar-refractivity contribution in [3.63, 3.8) is 0 Å². The van der Waals surface area contributed by atoms with Crippen LogP contribution in [0, 0.1) is 5.92 Å². The van der Waals surface area contributed by atoms with Gasteiger partial charge >= 0.3 is 0 Å². The van der Waals surface area contributed by atoms with Crippen molar-refractivity contribution in [3.05, 3.63) is 53.1 Å². The van der Waals surface area contributed by atoms with E-state index in [-0.39, 0.29) is 23.9 Å². The molecule has 0 unspecified atom stereocenters. The normalized spacial score (nSPS) is 19.3. The molecule has 2 atom stereocenters. The number of nitrogens with zero attached hydrogens (tertiary/aromatic N) is 1. The summed E-state index contributed by atoms with van der Waals surface area (Å²) in [6, 6.07) is 12.4. The van der Waals surface area contributed by atoms with Crippen LogP contribution in [0.15, 0.2) is 36.4 Å². The molecule has 1 aliphatic carbocycles. The van der Waals surface area contributed by atoms with Crippen LogP contribution in [0.1, 0.15) is 42.5 Å². The third kappa shape index (κ3) is 4.64. The fourth-order valence-electron chi connectivity index (χ4n) is 4.56. The van der Waals surface area contributed by atoms with Crippen molar-refractivity contribution in [2.75, 3.05) is 27.9 Å². The molecular weight excluding hydrogens is 392 g/mol. The smallest absolute Gasteiger partial charge is 0.223 e. The molecular formula is C25H32N2O4. The van der Waals surface area contributed by atoms with Gasteiger partial charge < -0.3 is 19.5 Å². The second kappa shape index (κ2) is 9.18. The van der Waals surface area contributed by atoms with Gasteiger partial charge in [0.2, 0.25) is 5.91 Å². The lowest BCUT2D eigenvalue weighted by molar-refractivity contribution is -0.123. The third-order valence-corrected chi connectivity index (χ3v) is 6.34. The lowest BCUT2D eigenvalue weighted by Gasteiger charge is -2.41. The number of benzene rings is 2. The minimum absolute atomic E-state index is 0.0316. The van der Waals surface area contributed by atoms with E-state index in [1.165, 1.54) is 16.7 Å².